The van der Waals surface area contributed by atoms with E-state index in [2.05, 4.69) is 10.3 Å². The molecule has 0 bridgehead atoms. The lowest BCUT2D eigenvalue weighted by atomic mass is 10.0. The Morgan fingerprint density at radius 3 is 2.37 bits per heavy atom. The number of fused-ring (bicyclic) bond motifs is 1. The molecule has 216 valence electrons. The number of allylic oxidation sites excluding steroid dienone is 1. The van der Waals surface area contributed by atoms with Crippen LogP contribution in [0.2, 0.25) is 0 Å². The van der Waals surface area contributed by atoms with Crippen LogP contribution in [0.25, 0.3) is 0 Å². The van der Waals surface area contributed by atoms with Gasteiger partial charge < -0.3 is 10.1 Å². The normalized spacial score (nSPS) is 18.0. The van der Waals surface area contributed by atoms with Crippen molar-refractivity contribution in [2.45, 2.75) is 28.8 Å². The Bertz CT molecular complexity index is 1610. The minimum Gasteiger partial charge on any atom is -0.448 e. The van der Waals surface area contributed by atoms with E-state index in [0.717, 1.165) is 21.6 Å². The van der Waals surface area contributed by atoms with E-state index in [1.54, 1.807) is 12.4 Å². The van der Waals surface area contributed by atoms with E-state index in [1.807, 2.05) is 101 Å². The van der Waals surface area contributed by atoms with Gasteiger partial charge in [0.05, 0.1) is 6.42 Å². The summed E-state index contributed by atoms with van der Waals surface area (Å²) in [6.07, 6.45) is 4.84. The quantitative estimate of drug-likeness (QED) is 0.132. The zero-order chi connectivity index (χ0) is 29.6. The number of amides is 2. The highest BCUT2D eigenvalue weighted by molar-refractivity contribution is 8.02. The molecule has 7 nitrogen and oxygen atoms in total. The highest BCUT2D eigenvalue weighted by Gasteiger charge is 2.54. The van der Waals surface area contributed by atoms with Crippen LogP contribution in [0.1, 0.15) is 22.8 Å². The molecule has 0 aliphatic carbocycles. The zero-order valence-corrected chi connectivity index (χ0v) is 25.3. The minimum absolute atomic E-state index is 0.200. The number of β-lactam (4-membered cyclic amide) rings is 1. The van der Waals surface area contributed by atoms with Gasteiger partial charge in [-0.25, -0.2) is 4.79 Å². The lowest BCUT2D eigenvalue weighted by Crippen LogP contribution is -2.70. The Morgan fingerprint density at radius 2 is 1.72 bits per heavy atom. The molecule has 1 unspecified atom stereocenters. The van der Waals surface area contributed by atoms with Crippen molar-refractivity contribution < 1.29 is 19.1 Å². The molecule has 1 N–H and O–H groups in total. The Kier molecular flexibility index (Phi) is 9.07. The van der Waals surface area contributed by atoms with Gasteiger partial charge in [-0.3, -0.25) is 19.5 Å². The van der Waals surface area contributed by atoms with Gasteiger partial charge >= 0.3 is 5.97 Å². The summed E-state index contributed by atoms with van der Waals surface area (Å²) in [5.74, 6) is -0.665. The molecule has 2 aliphatic rings. The third-order valence-corrected chi connectivity index (χ3v) is 9.86. The fourth-order valence-corrected chi connectivity index (χ4v) is 7.58. The number of aromatic nitrogens is 1. The van der Waals surface area contributed by atoms with Gasteiger partial charge in [0.1, 0.15) is 17.1 Å². The number of hydrogen-bond donors (Lipinski definition) is 1. The third kappa shape index (κ3) is 6.61. The highest BCUT2D eigenvalue weighted by atomic mass is 32.2. The maximum atomic E-state index is 14.1. The number of pyridine rings is 1. The number of nitrogens with zero attached hydrogens (tertiary/aromatic N) is 2. The second-order valence-corrected chi connectivity index (χ2v) is 12.7. The fourth-order valence-electron chi connectivity index (χ4n) is 4.92. The summed E-state index contributed by atoms with van der Waals surface area (Å²) >= 11 is 4.53. The van der Waals surface area contributed by atoms with Crippen LogP contribution < -0.4 is 5.32 Å². The summed E-state index contributed by atoms with van der Waals surface area (Å²) in [6.45, 7) is 0. The number of esters is 1. The first-order chi connectivity index (χ1) is 21.1. The van der Waals surface area contributed by atoms with Crippen molar-refractivity contribution >= 4 is 52.6 Å². The zero-order valence-electron chi connectivity index (χ0n) is 22.9. The van der Waals surface area contributed by atoms with Crippen LogP contribution in [0.4, 0.5) is 0 Å². The van der Waals surface area contributed by atoms with Crippen molar-refractivity contribution in [3.63, 3.8) is 0 Å². The molecule has 2 amide bonds. The van der Waals surface area contributed by atoms with Crippen LogP contribution in [0.3, 0.4) is 0 Å². The van der Waals surface area contributed by atoms with Crippen molar-refractivity contribution in [3.8, 4) is 0 Å². The predicted molar refractivity (Wildman–Crippen MR) is 170 cm³/mol. The Balaban J connectivity index is 1.28. The molecule has 0 saturated carbocycles. The molecule has 6 rings (SSSR count). The van der Waals surface area contributed by atoms with Gasteiger partial charge in [0, 0.05) is 23.0 Å². The number of carbonyl (C=O) groups excluding carboxylic acids is 3. The number of benzene rings is 2. The number of thioether (sulfide) groups is 2. The van der Waals surface area contributed by atoms with Crippen molar-refractivity contribution in [1.29, 1.82) is 0 Å². The van der Waals surface area contributed by atoms with E-state index in [0.29, 0.717) is 11.3 Å². The SMILES string of the molecule is O=C(Cc1ccsc1)NC1C(=O)N2C(C(=O)OC(c3ccccc3)c3ccccc3)=C(C=CSc3ccncc3)CS[C@H]12. The first-order valence-corrected chi connectivity index (χ1v) is 16.5. The number of carbonyl (C=O) groups is 3. The molecule has 0 radical (unpaired) electrons. The summed E-state index contributed by atoms with van der Waals surface area (Å²) in [5.41, 5.74) is 3.44. The summed E-state index contributed by atoms with van der Waals surface area (Å²) in [6, 6.07) is 24.1. The van der Waals surface area contributed by atoms with Crippen LogP contribution in [0.5, 0.6) is 0 Å². The van der Waals surface area contributed by atoms with E-state index < -0.39 is 23.5 Å². The largest absolute Gasteiger partial charge is 0.448 e. The van der Waals surface area contributed by atoms with Crippen LogP contribution in [0.15, 0.2) is 130 Å². The van der Waals surface area contributed by atoms with Crippen LogP contribution in [-0.2, 0) is 25.5 Å². The maximum Gasteiger partial charge on any atom is 0.356 e. The van der Waals surface area contributed by atoms with Gasteiger partial charge in [-0.05, 0) is 62.7 Å². The van der Waals surface area contributed by atoms with E-state index in [1.165, 1.54) is 39.8 Å². The third-order valence-electron chi connectivity index (χ3n) is 7.01. The van der Waals surface area contributed by atoms with Gasteiger partial charge in [-0.2, -0.15) is 11.3 Å². The first kappa shape index (κ1) is 29.0. The summed E-state index contributed by atoms with van der Waals surface area (Å²) < 4.78 is 6.21. The molecular weight excluding hydrogens is 599 g/mol. The van der Waals surface area contributed by atoms with Crippen molar-refractivity contribution in [3.05, 3.63) is 141 Å². The monoisotopic (exact) mass is 625 g/mol. The molecule has 1 saturated heterocycles. The Hall–Kier alpha value is -4.12. The van der Waals surface area contributed by atoms with Crippen molar-refractivity contribution in [2.24, 2.45) is 0 Å². The second kappa shape index (κ2) is 13.5. The van der Waals surface area contributed by atoms with Gasteiger partial charge in [-0.15, -0.1) is 11.8 Å². The highest BCUT2D eigenvalue weighted by Crippen LogP contribution is 2.42. The van der Waals surface area contributed by atoms with Crippen molar-refractivity contribution in [2.75, 3.05) is 5.75 Å². The topological polar surface area (TPSA) is 88.6 Å². The first-order valence-electron chi connectivity index (χ1n) is 13.6. The molecule has 1 fully saturated rings. The lowest BCUT2D eigenvalue weighted by Gasteiger charge is -2.49. The summed E-state index contributed by atoms with van der Waals surface area (Å²) in [4.78, 5) is 46.9. The number of ether oxygens (including phenoxy) is 1. The summed E-state index contributed by atoms with van der Waals surface area (Å²) in [7, 11) is 0. The predicted octanol–water partition coefficient (Wildman–Crippen LogP) is 5.98. The van der Waals surface area contributed by atoms with Crippen LogP contribution in [0, 0.1) is 0 Å². The number of hydrogen-bond acceptors (Lipinski definition) is 8. The lowest BCUT2D eigenvalue weighted by molar-refractivity contribution is -0.154. The van der Waals surface area contributed by atoms with Gasteiger partial charge in [-0.1, -0.05) is 72.4 Å². The van der Waals surface area contributed by atoms with E-state index in [9.17, 15) is 14.4 Å². The Morgan fingerprint density at radius 1 is 1.02 bits per heavy atom. The fraction of sp³-hybridized carbons (Fsp3) is 0.152. The molecule has 2 aromatic heterocycles. The average molecular weight is 626 g/mol. The number of thiophene rings is 1. The average Bonchev–Trinajstić information content (AvgIpc) is 3.56. The number of rotatable bonds is 10. The number of nitrogens with one attached hydrogen (secondary N) is 1. The van der Waals surface area contributed by atoms with Gasteiger partial charge in [0.25, 0.3) is 5.91 Å². The molecule has 0 spiro atoms. The smallest absolute Gasteiger partial charge is 0.356 e. The summed E-state index contributed by atoms with van der Waals surface area (Å²) in [5, 5.41) is 8.21. The molecule has 43 heavy (non-hydrogen) atoms. The van der Waals surface area contributed by atoms with E-state index in [-0.39, 0.29) is 23.9 Å². The Labute approximate surface area is 262 Å². The molecule has 2 atom stereocenters. The molecule has 4 aromatic rings. The van der Waals surface area contributed by atoms with Gasteiger partial charge in [0.15, 0.2) is 6.10 Å². The van der Waals surface area contributed by atoms with E-state index >= 15 is 0 Å². The maximum absolute atomic E-state index is 14.1. The van der Waals surface area contributed by atoms with Gasteiger partial charge in [0.2, 0.25) is 5.91 Å². The molecule has 10 heteroatoms. The van der Waals surface area contributed by atoms with E-state index in [4.69, 9.17) is 4.74 Å². The standard InChI is InChI=1S/C33H27N3O4S3/c37-27(19-22-13-17-41-20-22)35-28-31(38)36-29(25(21-43-32(28)36)14-18-42-26-11-15-34-16-12-26)33(39)40-30(23-7-3-1-4-8-23)24-9-5-2-6-10-24/h1-18,20,28,30,32H,19,21H2,(H,35,37)/t28?,32-/m1/s1. The molecule has 2 aromatic carbocycles. The second-order valence-electron chi connectivity index (χ2n) is 9.85. The molecular formula is C33H27N3O4S3. The van der Waals surface area contributed by atoms with Crippen LogP contribution in [-0.4, -0.2) is 44.8 Å². The molecule has 2 aliphatic heterocycles. The minimum atomic E-state index is -0.713. The van der Waals surface area contributed by atoms with Crippen LogP contribution >= 0.6 is 34.9 Å². The molecule has 4 heterocycles. The van der Waals surface area contributed by atoms with Crippen molar-refractivity contribution in [1.82, 2.24) is 15.2 Å².